The SMILES string of the molecule is C[C@@H]1CC[C@@H](C)N1[C@H]1CCCN(C(=O)c2ccc(N3CCOCC3)nc2)C1. The van der Waals surface area contributed by atoms with E-state index in [1.54, 1.807) is 6.20 Å². The second-order valence-electron chi connectivity index (χ2n) is 8.27. The molecule has 6 nitrogen and oxygen atoms in total. The van der Waals surface area contributed by atoms with Crippen molar-refractivity contribution >= 4 is 11.7 Å². The molecule has 3 aliphatic rings. The van der Waals surface area contributed by atoms with Gasteiger partial charge in [-0.3, -0.25) is 9.69 Å². The number of ether oxygens (including phenoxy) is 1. The predicted octanol–water partition coefficient (Wildman–Crippen LogP) is 2.40. The molecule has 148 valence electrons. The van der Waals surface area contributed by atoms with E-state index >= 15 is 0 Å². The van der Waals surface area contributed by atoms with E-state index in [-0.39, 0.29) is 5.91 Å². The summed E-state index contributed by atoms with van der Waals surface area (Å²) in [6.07, 6.45) is 6.59. The number of morpholine rings is 1. The van der Waals surface area contributed by atoms with Crippen LogP contribution in [-0.2, 0) is 4.74 Å². The molecule has 27 heavy (non-hydrogen) atoms. The molecule has 1 aromatic heterocycles. The van der Waals surface area contributed by atoms with Crippen LogP contribution in [0.25, 0.3) is 0 Å². The molecule has 0 spiro atoms. The Kier molecular flexibility index (Phi) is 5.64. The van der Waals surface area contributed by atoms with E-state index in [1.165, 1.54) is 19.3 Å². The van der Waals surface area contributed by atoms with Gasteiger partial charge in [0, 0.05) is 50.5 Å². The first kappa shape index (κ1) is 18.7. The maximum atomic E-state index is 13.0. The van der Waals surface area contributed by atoms with Crippen LogP contribution in [0.1, 0.15) is 49.9 Å². The van der Waals surface area contributed by atoms with E-state index in [1.807, 2.05) is 17.0 Å². The van der Waals surface area contributed by atoms with Crippen LogP contribution in [0, 0.1) is 0 Å². The first-order valence-corrected chi connectivity index (χ1v) is 10.5. The number of pyridine rings is 1. The van der Waals surface area contributed by atoms with Gasteiger partial charge in [-0.05, 0) is 51.7 Å². The maximum Gasteiger partial charge on any atom is 0.255 e. The lowest BCUT2D eigenvalue weighted by Gasteiger charge is -2.41. The summed E-state index contributed by atoms with van der Waals surface area (Å²) in [6, 6.07) is 5.68. The highest BCUT2D eigenvalue weighted by Gasteiger charge is 2.36. The molecule has 3 fully saturated rings. The Morgan fingerprint density at radius 3 is 2.48 bits per heavy atom. The highest BCUT2D eigenvalue weighted by atomic mass is 16.5. The number of piperidine rings is 1. The van der Waals surface area contributed by atoms with E-state index in [9.17, 15) is 4.79 Å². The number of nitrogens with zero attached hydrogens (tertiary/aromatic N) is 4. The van der Waals surface area contributed by atoms with Gasteiger partial charge in [-0.1, -0.05) is 0 Å². The van der Waals surface area contributed by atoms with Gasteiger partial charge in [-0.2, -0.15) is 0 Å². The molecule has 4 heterocycles. The van der Waals surface area contributed by atoms with E-state index in [0.29, 0.717) is 23.7 Å². The Labute approximate surface area is 162 Å². The Hall–Kier alpha value is -1.66. The zero-order valence-corrected chi connectivity index (χ0v) is 16.6. The first-order chi connectivity index (χ1) is 13.1. The summed E-state index contributed by atoms with van der Waals surface area (Å²) in [5.74, 6) is 1.06. The van der Waals surface area contributed by atoms with Crippen LogP contribution < -0.4 is 4.90 Å². The maximum absolute atomic E-state index is 13.0. The number of rotatable bonds is 3. The molecule has 3 atom stereocenters. The molecular formula is C21H32N4O2. The molecule has 0 saturated carbocycles. The second-order valence-corrected chi connectivity index (χ2v) is 8.27. The molecule has 6 heteroatoms. The number of carbonyl (C=O) groups excluding carboxylic acids is 1. The summed E-state index contributed by atoms with van der Waals surface area (Å²) in [5.41, 5.74) is 0.704. The number of aromatic nitrogens is 1. The third-order valence-electron chi connectivity index (χ3n) is 6.46. The van der Waals surface area contributed by atoms with Crippen molar-refractivity contribution in [3.63, 3.8) is 0 Å². The van der Waals surface area contributed by atoms with Crippen molar-refractivity contribution in [2.24, 2.45) is 0 Å². The zero-order valence-electron chi connectivity index (χ0n) is 16.6. The van der Waals surface area contributed by atoms with Crippen molar-refractivity contribution in [3.8, 4) is 0 Å². The molecule has 0 aromatic carbocycles. The van der Waals surface area contributed by atoms with Crippen LogP contribution in [0.3, 0.4) is 0 Å². The van der Waals surface area contributed by atoms with Crippen LogP contribution >= 0.6 is 0 Å². The molecule has 1 aromatic rings. The number of likely N-dealkylation sites (tertiary alicyclic amines) is 2. The van der Waals surface area contributed by atoms with Crippen molar-refractivity contribution in [3.05, 3.63) is 23.9 Å². The summed E-state index contributed by atoms with van der Waals surface area (Å²) in [5, 5.41) is 0. The average Bonchev–Trinajstić information content (AvgIpc) is 3.06. The van der Waals surface area contributed by atoms with Crippen LogP contribution in [0.2, 0.25) is 0 Å². The number of amides is 1. The van der Waals surface area contributed by atoms with Gasteiger partial charge in [0.1, 0.15) is 5.82 Å². The number of hydrogen-bond acceptors (Lipinski definition) is 5. The molecule has 4 rings (SSSR count). The molecule has 3 saturated heterocycles. The Bertz CT molecular complexity index is 634. The molecule has 3 aliphatic heterocycles. The lowest BCUT2D eigenvalue weighted by Crippen LogP contribution is -2.52. The van der Waals surface area contributed by atoms with Crippen LogP contribution in [0.5, 0.6) is 0 Å². The van der Waals surface area contributed by atoms with Crippen LogP contribution in [0.4, 0.5) is 5.82 Å². The highest BCUT2D eigenvalue weighted by Crippen LogP contribution is 2.30. The summed E-state index contributed by atoms with van der Waals surface area (Å²) >= 11 is 0. The van der Waals surface area contributed by atoms with Gasteiger partial charge in [-0.15, -0.1) is 0 Å². The minimum atomic E-state index is 0.125. The van der Waals surface area contributed by atoms with Crippen LogP contribution in [0.15, 0.2) is 18.3 Å². The number of hydrogen-bond donors (Lipinski definition) is 0. The van der Waals surface area contributed by atoms with Gasteiger partial charge in [-0.25, -0.2) is 4.98 Å². The third-order valence-corrected chi connectivity index (χ3v) is 6.46. The molecular weight excluding hydrogens is 340 g/mol. The summed E-state index contributed by atoms with van der Waals surface area (Å²) in [6.45, 7) is 9.57. The Morgan fingerprint density at radius 1 is 1.07 bits per heavy atom. The predicted molar refractivity (Wildman–Crippen MR) is 106 cm³/mol. The number of carbonyl (C=O) groups is 1. The quantitative estimate of drug-likeness (QED) is 0.815. The van der Waals surface area contributed by atoms with Crippen molar-refractivity contribution in [2.45, 2.75) is 57.7 Å². The van der Waals surface area contributed by atoms with Gasteiger partial charge >= 0.3 is 0 Å². The normalized spacial score (nSPS) is 29.9. The molecule has 1 amide bonds. The standard InChI is InChI=1S/C21H32N4O2/c1-16-5-6-17(2)25(16)19-4-3-9-24(15-19)21(26)18-7-8-20(22-14-18)23-10-12-27-13-11-23/h7-8,14,16-17,19H,3-6,9-13,15H2,1-2H3/t16-,17-,19+/m1/s1. The number of anilines is 1. The summed E-state index contributed by atoms with van der Waals surface area (Å²) in [7, 11) is 0. The Morgan fingerprint density at radius 2 is 1.81 bits per heavy atom. The van der Waals surface area contributed by atoms with Gasteiger partial charge in [0.05, 0.1) is 18.8 Å². The summed E-state index contributed by atoms with van der Waals surface area (Å²) < 4.78 is 5.40. The minimum absolute atomic E-state index is 0.125. The largest absolute Gasteiger partial charge is 0.378 e. The van der Waals surface area contributed by atoms with Gasteiger partial charge in [0.2, 0.25) is 0 Å². The lowest BCUT2D eigenvalue weighted by molar-refractivity contribution is 0.0486. The first-order valence-electron chi connectivity index (χ1n) is 10.5. The van der Waals surface area contributed by atoms with E-state index in [2.05, 4.69) is 28.6 Å². The topological polar surface area (TPSA) is 48.9 Å². The monoisotopic (exact) mass is 372 g/mol. The van der Waals surface area contributed by atoms with E-state index in [0.717, 1.165) is 51.6 Å². The molecule has 0 aliphatic carbocycles. The van der Waals surface area contributed by atoms with Crippen molar-refractivity contribution in [1.82, 2.24) is 14.8 Å². The van der Waals surface area contributed by atoms with Crippen molar-refractivity contribution in [1.29, 1.82) is 0 Å². The zero-order chi connectivity index (χ0) is 18.8. The second kappa shape index (κ2) is 8.15. The fourth-order valence-corrected chi connectivity index (χ4v) is 4.99. The molecule has 0 bridgehead atoms. The lowest BCUT2D eigenvalue weighted by atomic mass is 10.0. The Balaban J connectivity index is 1.41. The fraction of sp³-hybridized carbons (Fsp3) is 0.714. The van der Waals surface area contributed by atoms with Gasteiger partial charge in [0.15, 0.2) is 0 Å². The van der Waals surface area contributed by atoms with Gasteiger partial charge < -0.3 is 14.5 Å². The highest BCUT2D eigenvalue weighted by molar-refractivity contribution is 5.94. The molecule has 0 unspecified atom stereocenters. The molecule has 0 N–H and O–H groups in total. The smallest absolute Gasteiger partial charge is 0.255 e. The minimum Gasteiger partial charge on any atom is -0.378 e. The van der Waals surface area contributed by atoms with Crippen LogP contribution in [-0.4, -0.2) is 78.2 Å². The third kappa shape index (κ3) is 3.97. The van der Waals surface area contributed by atoms with Gasteiger partial charge in [0.25, 0.3) is 5.91 Å². The molecule has 0 radical (unpaired) electrons. The van der Waals surface area contributed by atoms with E-state index < -0.39 is 0 Å². The van der Waals surface area contributed by atoms with E-state index in [4.69, 9.17) is 4.74 Å². The summed E-state index contributed by atoms with van der Waals surface area (Å²) in [4.78, 5) is 24.5. The van der Waals surface area contributed by atoms with Crippen molar-refractivity contribution in [2.75, 3.05) is 44.3 Å². The van der Waals surface area contributed by atoms with Crippen molar-refractivity contribution < 1.29 is 9.53 Å². The fourth-order valence-electron chi connectivity index (χ4n) is 4.99. The average molecular weight is 373 g/mol.